The van der Waals surface area contributed by atoms with E-state index in [4.69, 9.17) is 0 Å². The quantitative estimate of drug-likeness (QED) is 0.138. The van der Waals surface area contributed by atoms with Crippen molar-refractivity contribution in [1.82, 2.24) is 16.0 Å². The second-order valence-electron chi connectivity index (χ2n) is 9.41. The van der Waals surface area contributed by atoms with Gasteiger partial charge in [-0.25, -0.2) is 0 Å². The van der Waals surface area contributed by atoms with Gasteiger partial charge in [0.15, 0.2) is 0 Å². The van der Waals surface area contributed by atoms with E-state index in [1.165, 1.54) is 25.7 Å². The van der Waals surface area contributed by atoms with Crippen LogP contribution in [0.3, 0.4) is 0 Å². The lowest BCUT2D eigenvalue weighted by Crippen LogP contribution is -2.57. The van der Waals surface area contributed by atoms with Gasteiger partial charge < -0.3 is 26.0 Å². The number of carbonyl (C=O) groups is 3. The standard InChI is InChI=1S/C24H48BN3O5/c1-5-7-9-10-11-12-14-16-23(30)27-20(18-26-22(29)15-13-8-6-2)24(31)28-21(25(32)33)17-19(3)4/h19-21,32-33H,5-18H2,1-4H3,(H,26,29)(H,27,30)(H,28,31)/t20-,21-/m0/s1. The first-order chi connectivity index (χ1) is 15.7. The van der Waals surface area contributed by atoms with E-state index < -0.39 is 25.0 Å². The summed E-state index contributed by atoms with van der Waals surface area (Å²) in [6.45, 7) is 8.04. The van der Waals surface area contributed by atoms with Gasteiger partial charge in [0.2, 0.25) is 17.7 Å². The van der Waals surface area contributed by atoms with Crippen LogP contribution in [0.25, 0.3) is 0 Å². The van der Waals surface area contributed by atoms with Gasteiger partial charge in [0.05, 0.1) is 5.94 Å². The van der Waals surface area contributed by atoms with Gasteiger partial charge in [-0.1, -0.05) is 79.1 Å². The molecule has 0 heterocycles. The molecule has 0 saturated heterocycles. The normalized spacial score (nSPS) is 12.8. The Labute approximate surface area is 201 Å². The maximum Gasteiger partial charge on any atom is 0.475 e. The average molecular weight is 469 g/mol. The highest BCUT2D eigenvalue weighted by molar-refractivity contribution is 6.43. The molecule has 0 aromatic heterocycles. The molecular formula is C24H48BN3O5. The Balaban J connectivity index is 4.79. The van der Waals surface area contributed by atoms with Gasteiger partial charge in [0.25, 0.3) is 0 Å². The molecule has 0 fully saturated rings. The predicted molar refractivity (Wildman–Crippen MR) is 133 cm³/mol. The lowest BCUT2D eigenvalue weighted by atomic mass is 9.75. The van der Waals surface area contributed by atoms with Crippen LogP contribution in [-0.2, 0) is 14.4 Å². The Morgan fingerprint density at radius 2 is 1.27 bits per heavy atom. The zero-order chi connectivity index (χ0) is 25.1. The van der Waals surface area contributed by atoms with Crippen LogP contribution >= 0.6 is 0 Å². The Bertz CT molecular complexity index is 546. The molecular weight excluding hydrogens is 421 g/mol. The van der Waals surface area contributed by atoms with E-state index in [1.807, 2.05) is 13.8 Å². The summed E-state index contributed by atoms with van der Waals surface area (Å²) in [5.74, 6) is -1.64. The number of hydrogen-bond donors (Lipinski definition) is 5. The smallest absolute Gasteiger partial charge is 0.426 e. The highest BCUT2D eigenvalue weighted by Crippen LogP contribution is 2.09. The number of unbranched alkanes of at least 4 members (excludes halogenated alkanes) is 8. The molecule has 0 aliphatic heterocycles. The van der Waals surface area contributed by atoms with Crippen molar-refractivity contribution in [2.24, 2.45) is 5.92 Å². The van der Waals surface area contributed by atoms with Crippen LogP contribution in [0.5, 0.6) is 0 Å². The molecule has 0 saturated carbocycles. The molecule has 9 heteroatoms. The average Bonchev–Trinajstić information content (AvgIpc) is 2.75. The molecule has 0 spiro atoms. The number of carbonyl (C=O) groups excluding carboxylic acids is 3. The molecule has 0 unspecified atom stereocenters. The van der Waals surface area contributed by atoms with Crippen molar-refractivity contribution in [3.8, 4) is 0 Å². The van der Waals surface area contributed by atoms with Gasteiger partial charge >= 0.3 is 7.12 Å². The molecule has 5 N–H and O–H groups in total. The summed E-state index contributed by atoms with van der Waals surface area (Å²) >= 11 is 0. The summed E-state index contributed by atoms with van der Waals surface area (Å²) in [5, 5.41) is 27.3. The molecule has 0 aliphatic rings. The summed E-state index contributed by atoms with van der Waals surface area (Å²) in [6, 6.07) is -0.967. The minimum absolute atomic E-state index is 0.0323. The van der Waals surface area contributed by atoms with Crippen LogP contribution in [0.1, 0.15) is 111 Å². The van der Waals surface area contributed by atoms with Crippen molar-refractivity contribution in [1.29, 1.82) is 0 Å². The van der Waals surface area contributed by atoms with Gasteiger partial charge in [-0.05, 0) is 25.2 Å². The van der Waals surface area contributed by atoms with Gasteiger partial charge in [-0.2, -0.15) is 0 Å². The van der Waals surface area contributed by atoms with Crippen molar-refractivity contribution in [2.45, 2.75) is 123 Å². The Hall–Kier alpha value is -1.61. The van der Waals surface area contributed by atoms with E-state index >= 15 is 0 Å². The van der Waals surface area contributed by atoms with Crippen molar-refractivity contribution >= 4 is 24.8 Å². The second-order valence-corrected chi connectivity index (χ2v) is 9.41. The van der Waals surface area contributed by atoms with Crippen LogP contribution in [0.15, 0.2) is 0 Å². The van der Waals surface area contributed by atoms with Crippen molar-refractivity contribution in [3.05, 3.63) is 0 Å². The third-order valence-corrected chi connectivity index (χ3v) is 5.58. The first-order valence-corrected chi connectivity index (χ1v) is 12.9. The van der Waals surface area contributed by atoms with Gasteiger partial charge in [0.1, 0.15) is 6.04 Å². The van der Waals surface area contributed by atoms with E-state index in [-0.39, 0.29) is 24.3 Å². The van der Waals surface area contributed by atoms with Crippen LogP contribution in [0, 0.1) is 5.92 Å². The fourth-order valence-corrected chi connectivity index (χ4v) is 3.60. The van der Waals surface area contributed by atoms with Crippen LogP contribution in [-0.4, -0.2) is 53.4 Å². The highest BCUT2D eigenvalue weighted by Gasteiger charge is 2.30. The highest BCUT2D eigenvalue weighted by atomic mass is 16.4. The number of hydrogen-bond acceptors (Lipinski definition) is 5. The molecule has 0 aromatic carbocycles. The van der Waals surface area contributed by atoms with Crippen molar-refractivity contribution in [2.75, 3.05) is 6.54 Å². The molecule has 0 bridgehead atoms. The monoisotopic (exact) mass is 469 g/mol. The number of rotatable bonds is 20. The molecule has 3 amide bonds. The first kappa shape index (κ1) is 31.4. The fourth-order valence-electron chi connectivity index (χ4n) is 3.60. The largest absolute Gasteiger partial charge is 0.475 e. The second kappa shape index (κ2) is 19.8. The molecule has 8 nitrogen and oxygen atoms in total. The Morgan fingerprint density at radius 1 is 0.758 bits per heavy atom. The van der Waals surface area contributed by atoms with Crippen molar-refractivity contribution < 1.29 is 24.4 Å². The third kappa shape index (κ3) is 17.5. The minimum Gasteiger partial charge on any atom is -0.426 e. The molecule has 192 valence electrons. The first-order valence-electron chi connectivity index (χ1n) is 12.9. The van der Waals surface area contributed by atoms with Crippen LogP contribution < -0.4 is 16.0 Å². The molecule has 33 heavy (non-hydrogen) atoms. The zero-order valence-electron chi connectivity index (χ0n) is 21.3. The van der Waals surface area contributed by atoms with Crippen LogP contribution in [0.2, 0.25) is 0 Å². The SMILES string of the molecule is CCCCCCCCCC(=O)N[C@@H](CNC(=O)CCCCC)C(=O)N[C@@H](CC(C)C)B(O)O. The Morgan fingerprint density at radius 3 is 1.85 bits per heavy atom. The fraction of sp³-hybridized carbons (Fsp3) is 0.875. The van der Waals surface area contributed by atoms with Gasteiger partial charge in [-0.15, -0.1) is 0 Å². The molecule has 2 atom stereocenters. The maximum atomic E-state index is 12.8. The van der Waals surface area contributed by atoms with Crippen LogP contribution in [0.4, 0.5) is 0 Å². The van der Waals surface area contributed by atoms with Gasteiger partial charge in [0, 0.05) is 19.4 Å². The molecule has 0 rings (SSSR count). The van der Waals surface area contributed by atoms with Crippen molar-refractivity contribution in [3.63, 3.8) is 0 Å². The van der Waals surface area contributed by atoms with E-state index in [0.29, 0.717) is 19.3 Å². The topological polar surface area (TPSA) is 128 Å². The molecule has 0 radical (unpaired) electrons. The predicted octanol–water partition coefficient (Wildman–Crippen LogP) is 2.85. The molecule has 0 aliphatic carbocycles. The summed E-state index contributed by atoms with van der Waals surface area (Å²) in [5.41, 5.74) is 0. The van der Waals surface area contributed by atoms with E-state index in [0.717, 1.165) is 38.5 Å². The summed E-state index contributed by atoms with van der Waals surface area (Å²) < 4.78 is 0. The lowest BCUT2D eigenvalue weighted by molar-refractivity contribution is -0.130. The summed E-state index contributed by atoms with van der Waals surface area (Å²) in [7, 11) is -1.70. The van der Waals surface area contributed by atoms with E-state index in [2.05, 4.69) is 29.8 Å². The summed E-state index contributed by atoms with van der Waals surface area (Å²) in [4.78, 5) is 37.4. The van der Waals surface area contributed by atoms with E-state index in [9.17, 15) is 24.4 Å². The maximum absolute atomic E-state index is 12.8. The van der Waals surface area contributed by atoms with Gasteiger partial charge in [-0.3, -0.25) is 14.4 Å². The number of nitrogens with one attached hydrogen (secondary N) is 3. The number of amides is 3. The minimum atomic E-state index is -1.70. The zero-order valence-corrected chi connectivity index (χ0v) is 21.3. The third-order valence-electron chi connectivity index (χ3n) is 5.58. The summed E-state index contributed by atoms with van der Waals surface area (Å²) in [6.07, 6.45) is 11.5. The Kier molecular flexibility index (Phi) is 18.9. The van der Waals surface area contributed by atoms with E-state index in [1.54, 1.807) is 0 Å². The lowest BCUT2D eigenvalue weighted by Gasteiger charge is -2.24. The molecule has 0 aromatic rings.